The topological polar surface area (TPSA) is 68.8 Å². The number of hydrogen-bond acceptors (Lipinski definition) is 4. The molecule has 1 N–H and O–H groups in total. The first-order valence-corrected chi connectivity index (χ1v) is 5.67. The van der Waals surface area contributed by atoms with Gasteiger partial charge in [-0.3, -0.25) is 0 Å². The average molecular weight is 235 g/mol. The number of imidazole rings is 1. The van der Waals surface area contributed by atoms with Gasteiger partial charge in [0.05, 0.1) is 25.2 Å². The second kappa shape index (κ2) is 5.09. The molecule has 6 nitrogen and oxygen atoms in total. The lowest BCUT2D eigenvalue weighted by atomic mass is 10.2. The lowest BCUT2D eigenvalue weighted by Gasteiger charge is -2.08. The van der Waals surface area contributed by atoms with Gasteiger partial charge in [0.2, 0.25) is 0 Å². The normalized spacial score (nSPS) is 11.3. The molecule has 0 aliphatic heterocycles. The van der Waals surface area contributed by atoms with Crippen LogP contribution in [0.3, 0.4) is 0 Å². The predicted molar refractivity (Wildman–Crippen MR) is 62.1 cm³/mol. The van der Waals surface area contributed by atoms with Crippen molar-refractivity contribution in [2.24, 2.45) is 5.92 Å². The molecule has 0 spiro atoms. The maximum Gasteiger partial charge on any atom is 0.146 e. The summed E-state index contributed by atoms with van der Waals surface area (Å²) in [6, 6.07) is 0. The highest BCUT2D eigenvalue weighted by atomic mass is 16.3. The number of nitrogens with zero attached hydrogens (tertiary/aromatic N) is 5. The van der Waals surface area contributed by atoms with Crippen LogP contribution in [0.1, 0.15) is 25.4 Å². The Bertz CT molecular complexity index is 474. The summed E-state index contributed by atoms with van der Waals surface area (Å²) in [6.45, 7) is 5.74. The molecule has 92 valence electrons. The highest BCUT2D eigenvalue weighted by Crippen LogP contribution is 2.04. The van der Waals surface area contributed by atoms with Crippen LogP contribution in [0.25, 0.3) is 0 Å². The first-order chi connectivity index (χ1) is 8.19. The molecule has 0 saturated heterocycles. The van der Waals surface area contributed by atoms with E-state index in [1.165, 1.54) is 0 Å². The van der Waals surface area contributed by atoms with E-state index in [9.17, 15) is 0 Å². The highest BCUT2D eigenvalue weighted by molar-refractivity contribution is 4.97. The Morgan fingerprint density at radius 3 is 2.82 bits per heavy atom. The van der Waals surface area contributed by atoms with Crippen molar-refractivity contribution >= 4 is 0 Å². The molecule has 2 heterocycles. The molecule has 0 aliphatic rings. The zero-order valence-corrected chi connectivity index (χ0v) is 10.1. The van der Waals surface area contributed by atoms with Gasteiger partial charge >= 0.3 is 0 Å². The third kappa shape index (κ3) is 2.91. The van der Waals surface area contributed by atoms with Crippen LogP contribution in [0.15, 0.2) is 18.9 Å². The minimum atomic E-state index is -0.0360. The molecular weight excluding hydrogens is 218 g/mol. The van der Waals surface area contributed by atoms with Gasteiger partial charge in [0.1, 0.15) is 12.2 Å². The number of hydrogen-bond donors (Lipinski definition) is 1. The predicted octanol–water partition coefficient (Wildman–Crippen LogP) is 0.671. The van der Waals surface area contributed by atoms with E-state index in [-0.39, 0.29) is 6.61 Å². The summed E-state index contributed by atoms with van der Waals surface area (Å²) >= 11 is 0. The minimum absolute atomic E-state index is 0.0360. The summed E-state index contributed by atoms with van der Waals surface area (Å²) in [6.07, 6.45) is 5.08. The van der Waals surface area contributed by atoms with Gasteiger partial charge in [-0.1, -0.05) is 13.8 Å². The lowest BCUT2D eigenvalue weighted by Crippen LogP contribution is -2.12. The first-order valence-electron chi connectivity index (χ1n) is 5.67. The average Bonchev–Trinajstić information content (AvgIpc) is 2.89. The molecule has 6 heteroatoms. The first kappa shape index (κ1) is 11.8. The standard InChI is InChI=1S/C11H17N5O/c1-9(2)3-16-11(12-7-14-16)5-15-4-10(6-17)13-8-15/h4,7-9,17H,3,5-6H2,1-2H3. The Labute approximate surface area is 99.9 Å². The molecular formula is C11H17N5O. The van der Waals surface area contributed by atoms with Gasteiger partial charge in [0, 0.05) is 12.7 Å². The van der Waals surface area contributed by atoms with Crippen molar-refractivity contribution in [1.82, 2.24) is 24.3 Å². The summed E-state index contributed by atoms with van der Waals surface area (Å²) in [5.74, 6) is 1.44. The Balaban J connectivity index is 2.10. The third-order valence-corrected chi connectivity index (χ3v) is 2.41. The molecule has 17 heavy (non-hydrogen) atoms. The summed E-state index contributed by atoms with van der Waals surface area (Å²) < 4.78 is 3.80. The fraction of sp³-hybridized carbons (Fsp3) is 0.545. The van der Waals surface area contributed by atoms with E-state index < -0.39 is 0 Å². The maximum atomic E-state index is 8.94. The molecule has 0 bridgehead atoms. The summed E-state index contributed by atoms with van der Waals surface area (Å²) in [7, 11) is 0. The lowest BCUT2D eigenvalue weighted by molar-refractivity contribution is 0.277. The fourth-order valence-corrected chi connectivity index (χ4v) is 1.65. The van der Waals surface area contributed by atoms with Crippen molar-refractivity contribution in [3.63, 3.8) is 0 Å². The number of aliphatic hydroxyl groups is 1. The Morgan fingerprint density at radius 2 is 2.18 bits per heavy atom. The molecule has 0 radical (unpaired) electrons. The van der Waals surface area contributed by atoms with E-state index in [2.05, 4.69) is 28.9 Å². The van der Waals surface area contributed by atoms with Crippen LogP contribution in [0.5, 0.6) is 0 Å². The van der Waals surface area contributed by atoms with Crippen molar-refractivity contribution in [2.45, 2.75) is 33.5 Å². The Kier molecular flexibility index (Phi) is 3.53. The van der Waals surface area contributed by atoms with E-state index in [1.54, 1.807) is 12.7 Å². The van der Waals surface area contributed by atoms with Gasteiger partial charge in [-0.05, 0) is 5.92 Å². The SMILES string of the molecule is CC(C)Cn1ncnc1Cn1cnc(CO)c1. The second-order valence-electron chi connectivity index (χ2n) is 4.45. The highest BCUT2D eigenvalue weighted by Gasteiger charge is 2.07. The van der Waals surface area contributed by atoms with Crippen LogP contribution >= 0.6 is 0 Å². The summed E-state index contributed by atoms with van der Waals surface area (Å²) in [5, 5.41) is 13.1. The van der Waals surface area contributed by atoms with Crippen molar-refractivity contribution in [3.8, 4) is 0 Å². The Hall–Kier alpha value is -1.69. The molecule has 2 aromatic rings. The molecule has 0 aromatic carbocycles. The van der Waals surface area contributed by atoms with Gasteiger partial charge in [-0.2, -0.15) is 5.10 Å². The zero-order valence-electron chi connectivity index (χ0n) is 10.1. The smallest absolute Gasteiger partial charge is 0.146 e. The third-order valence-electron chi connectivity index (χ3n) is 2.41. The summed E-state index contributed by atoms with van der Waals surface area (Å²) in [4.78, 5) is 8.30. The molecule has 0 saturated carbocycles. The molecule has 0 unspecified atom stereocenters. The molecule has 2 aromatic heterocycles. The van der Waals surface area contributed by atoms with E-state index in [0.29, 0.717) is 18.2 Å². The van der Waals surface area contributed by atoms with Gasteiger partial charge in [0.25, 0.3) is 0 Å². The van der Waals surface area contributed by atoms with Crippen LogP contribution in [-0.2, 0) is 19.7 Å². The van der Waals surface area contributed by atoms with Gasteiger partial charge in [0.15, 0.2) is 0 Å². The fourth-order valence-electron chi connectivity index (χ4n) is 1.65. The number of aliphatic hydroxyl groups excluding tert-OH is 1. The van der Waals surface area contributed by atoms with Crippen LogP contribution in [0.4, 0.5) is 0 Å². The molecule has 0 atom stereocenters. The van der Waals surface area contributed by atoms with Crippen LogP contribution in [0.2, 0.25) is 0 Å². The van der Waals surface area contributed by atoms with Crippen LogP contribution in [0, 0.1) is 5.92 Å². The maximum absolute atomic E-state index is 8.94. The zero-order chi connectivity index (χ0) is 12.3. The van der Waals surface area contributed by atoms with Crippen LogP contribution in [-0.4, -0.2) is 29.4 Å². The van der Waals surface area contributed by atoms with Gasteiger partial charge in [-0.25, -0.2) is 14.6 Å². The quantitative estimate of drug-likeness (QED) is 0.827. The van der Waals surface area contributed by atoms with Crippen LogP contribution < -0.4 is 0 Å². The van der Waals surface area contributed by atoms with Crippen molar-refractivity contribution in [2.75, 3.05) is 0 Å². The van der Waals surface area contributed by atoms with E-state index in [0.717, 1.165) is 12.4 Å². The molecule has 2 rings (SSSR count). The van der Waals surface area contributed by atoms with E-state index in [4.69, 9.17) is 5.11 Å². The minimum Gasteiger partial charge on any atom is -0.390 e. The van der Waals surface area contributed by atoms with Gasteiger partial charge in [-0.15, -0.1) is 0 Å². The monoisotopic (exact) mass is 235 g/mol. The van der Waals surface area contributed by atoms with Crippen molar-refractivity contribution < 1.29 is 5.11 Å². The summed E-state index contributed by atoms with van der Waals surface area (Å²) in [5.41, 5.74) is 0.667. The molecule has 0 aliphatic carbocycles. The van der Waals surface area contributed by atoms with E-state index in [1.807, 2.05) is 15.4 Å². The van der Waals surface area contributed by atoms with Gasteiger partial charge < -0.3 is 9.67 Å². The molecule has 0 amide bonds. The molecule has 0 fully saturated rings. The van der Waals surface area contributed by atoms with E-state index >= 15 is 0 Å². The number of rotatable bonds is 5. The van der Waals surface area contributed by atoms with Crippen molar-refractivity contribution in [1.29, 1.82) is 0 Å². The number of aromatic nitrogens is 5. The van der Waals surface area contributed by atoms with Crippen molar-refractivity contribution in [3.05, 3.63) is 30.4 Å². The second-order valence-corrected chi connectivity index (χ2v) is 4.45. The Morgan fingerprint density at radius 1 is 1.35 bits per heavy atom. The largest absolute Gasteiger partial charge is 0.390 e.